The summed E-state index contributed by atoms with van der Waals surface area (Å²) < 4.78 is 2.78. The van der Waals surface area contributed by atoms with E-state index in [1.165, 1.54) is 0 Å². The number of amides is 2. The van der Waals surface area contributed by atoms with Crippen molar-refractivity contribution < 1.29 is 9.59 Å². The lowest BCUT2D eigenvalue weighted by atomic mass is 9.80. The number of aromatic nitrogens is 2. The lowest BCUT2D eigenvalue weighted by Gasteiger charge is -2.28. The summed E-state index contributed by atoms with van der Waals surface area (Å²) in [5.41, 5.74) is 6.96. The minimum Gasteiger partial charge on any atom is -0.369 e. The Morgan fingerprint density at radius 2 is 1.96 bits per heavy atom. The van der Waals surface area contributed by atoms with Crippen LogP contribution >= 0.6 is 11.8 Å². The summed E-state index contributed by atoms with van der Waals surface area (Å²) in [5.74, 6) is -0.250. The van der Waals surface area contributed by atoms with Crippen molar-refractivity contribution in [2.75, 3.05) is 18.6 Å². The minimum atomic E-state index is -0.547. The number of thioether (sulfide) groups is 1. The number of para-hydroxylation sites is 1. The van der Waals surface area contributed by atoms with Gasteiger partial charge >= 0.3 is 11.7 Å². The third-order valence-corrected chi connectivity index (χ3v) is 5.31. The van der Waals surface area contributed by atoms with Gasteiger partial charge in [0.1, 0.15) is 0 Å². The van der Waals surface area contributed by atoms with Gasteiger partial charge in [0.2, 0.25) is 5.91 Å². The van der Waals surface area contributed by atoms with E-state index >= 15 is 0 Å². The standard InChI is InChI=1S/C19H28N4O3S/c1-12-7-6-8-14-15(12)22(9-10-27-5)18(26)23(14)17(25)21-11-13(16(20)24)19(2,3)4/h6-8,13H,9-11H2,1-5H3,(H2,20,24)(H,21,25)/t13-/m1/s1. The SMILES string of the molecule is CSCCn1c(=O)n(C(=O)NC[C@H](C(N)=O)C(C)(C)C)c2cccc(C)c21. The number of carbonyl (C=O) groups excluding carboxylic acids is 2. The smallest absolute Gasteiger partial charge is 0.337 e. The van der Waals surface area contributed by atoms with Crippen LogP contribution in [0.15, 0.2) is 23.0 Å². The van der Waals surface area contributed by atoms with E-state index in [-0.39, 0.29) is 12.2 Å². The van der Waals surface area contributed by atoms with Gasteiger partial charge < -0.3 is 11.1 Å². The Labute approximate surface area is 163 Å². The van der Waals surface area contributed by atoms with Crippen molar-refractivity contribution in [3.63, 3.8) is 0 Å². The van der Waals surface area contributed by atoms with Crippen LogP contribution < -0.4 is 16.7 Å². The summed E-state index contributed by atoms with van der Waals surface area (Å²) in [6, 6.07) is 4.95. The van der Waals surface area contributed by atoms with Gasteiger partial charge in [-0.2, -0.15) is 11.8 Å². The summed E-state index contributed by atoms with van der Waals surface area (Å²) in [6.07, 6.45) is 1.97. The number of benzene rings is 1. The molecular weight excluding hydrogens is 364 g/mol. The summed E-state index contributed by atoms with van der Waals surface area (Å²) in [7, 11) is 0. The predicted molar refractivity (Wildman–Crippen MR) is 110 cm³/mol. The van der Waals surface area contributed by atoms with Crippen LogP contribution in [0.3, 0.4) is 0 Å². The molecule has 0 fully saturated rings. The van der Waals surface area contributed by atoms with Crippen molar-refractivity contribution in [3.05, 3.63) is 34.2 Å². The molecule has 2 aromatic rings. The molecule has 0 aliphatic rings. The molecular formula is C19H28N4O3S. The molecule has 0 aliphatic carbocycles. The van der Waals surface area contributed by atoms with Crippen molar-refractivity contribution >= 4 is 34.7 Å². The fourth-order valence-corrected chi connectivity index (χ4v) is 3.55. The summed E-state index contributed by atoms with van der Waals surface area (Å²) in [5, 5.41) is 2.71. The molecule has 0 unspecified atom stereocenters. The Morgan fingerprint density at radius 3 is 2.52 bits per heavy atom. The van der Waals surface area contributed by atoms with Gasteiger partial charge in [-0.05, 0) is 30.2 Å². The van der Waals surface area contributed by atoms with Gasteiger partial charge in [0.15, 0.2) is 0 Å². The van der Waals surface area contributed by atoms with Gasteiger partial charge in [0, 0.05) is 18.8 Å². The molecule has 1 atom stereocenters. The monoisotopic (exact) mass is 392 g/mol. The molecule has 27 heavy (non-hydrogen) atoms. The summed E-state index contributed by atoms with van der Waals surface area (Å²) in [6.45, 7) is 8.18. The number of aryl methyl sites for hydroxylation is 2. The van der Waals surface area contributed by atoms with Crippen LogP contribution in [0.4, 0.5) is 4.79 Å². The van der Waals surface area contributed by atoms with E-state index in [1.54, 1.807) is 22.4 Å². The Balaban J connectivity index is 2.42. The molecule has 148 valence electrons. The fraction of sp³-hybridized carbons (Fsp3) is 0.526. The van der Waals surface area contributed by atoms with Gasteiger partial charge in [-0.15, -0.1) is 0 Å². The zero-order valence-corrected chi connectivity index (χ0v) is 17.4. The maximum absolute atomic E-state index is 12.9. The third-order valence-electron chi connectivity index (χ3n) is 4.72. The van der Waals surface area contributed by atoms with Crippen molar-refractivity contribution in [3.8, 4) is 0 Å². The van der Waals surface area contributed by atoms with Crippen LogP contribution in [0, 0.1) is 18.3 Å². The molecule has 7 nitrogen and oxygen atoms in total. The molecule has 8 heteroatoms. The number of nitrogens with two attached hydrogens (primary N) is 1. The van der Waals surface area contributed by atoms with Crippen LogP contribution in [0.2, 0.25) is 0 Å². The van der Waals surface area contributed by atoms with E-state index < -0.39 is 23.3 Å². The highest BCUT2D eigenvalue weighted by molar-refractivity contribution is 7.98. The number of nitrogens with zero attached hydrogens (tertiary/aromatic N) is 2. The van der Waals surface area contributed by atoms with Gasteiger partial charge in [-0.25, -0.2) is 14.2 Å². The molecule has 0 spiro atoms. The second-order valence-corrected chi connectivity index (χ2v) is 8.70. The van der Waals surface area contributed by atoms with E-state index in [2.05, 4.69) is 5.32 Å². The largest absolute Gasteiger partial charge is 0.369 e. The quantitative estimate of drug-likeness (QED) is 0.787. The minimum absolute atomic E-state index is 0.0768. The van der Waals surface area contributed by atoms with E-state index in [0.717, 1.165) is 21.4 Å². The Morgan fingerprint density at radius 1 is 1.30 bits per heavy atom. The number of fused-ring (bicyclic) bond motifs is 1. The first-order chi connectivity index (χ1) is 12.6. The third kappa shape index (κ3) is 4.37. The number of carbonyl (C=O) groups is 2. The van der Waals surface area contributed by atoms with Gasteiger partial charge in [-0.3, -0.25) is 9.36 Å². The summed E-state index contributed by atoms with van der Waals surface area (Å²) >= 11 is 1.64. The molecule has 2 amide bonds. The highest BCUT2D eigenvalue weighted by Gasteiger charge is 2.30. The molecule has 1 heterocycles. The molecule has 3 N–H and O–H groups in total. The first-order valence-electron chi connectivity index (χ1n) is 8.87. The van der Waals surface area contributed by atoms with Crippen molar-refractivity contribution in [2.45, 2.75) is 34.2 Å². The van der Waals surface area contributed by atoms with E-state index in [1.807, 2.05) is 46.1 Å². The van der Waals surface area contributed by atoms with Crippen LogP contribution in [0.1, 0.15) is 26.3 Å². The average Bonchev–Trinajstić information content (AvgIpc) is 2.84. The van der Waals surface area contributed by atoms with Crippen molar-refractivity contribution in [2.24, 2.45) is 17.1 Å². The number of nitrogens with one attached hydrogen (secondary N) is 1. The highest BCUT2D eigenvalue weighted by Crippen LogP contribution is 2.25. The molecule has 0 saturated carbocycles. The normalized spacial score (nSPS) is 12.9. The van der Waals surface area contributed by atoms with Crippen molar-refractivity contribution in [1.29, 1.82) is 0 Å². The highest BCUT2D eigenvalue weighted by atomic mass is 32.2. The number of hydrogen-bond donors (Lipinski definition) is 2. The van der Waals surface area contributed by atoms with Gasteiger partial charge in [0.25, 0.3) is 0 Å². The Hall–Kier alpha value is -2.22. The second kappa shape index (κ2) is 8.21. The van der Waals surface area contributed by atoms with Crippen LogP contribution in [0.5, 0.6) is 0 Å². The number of imidazole rings is 1. The van der Waals surface area contributed by atoms with E-state index in [0.29, 0.717) is 12.1 Å². The fourth-order valence-electron chi connectivity index (χ4n) is 3.18. The van der Waals surface area contributed by atoms with Crippen LogP contribution in [0.25, 0.3) is 11.0 Å². The van der Waals surface area contributed by atoms with E-state index in [9.17, 15) is 14.4 Å². The zero-order valence-electron chi connectivity index (χ0n) is 16.5. The molecule has 1 aromatic carbocycles. The van der Waals surface area contributed by atoms with Crippen molar-refractivity contribution in [1.82, 2.24) is 14.5 Å². The average molecular weight is 393 g/mol. The molecule has 0 saturated heterocycles. The van der Waals surface area contributed by atoms with Crippen LogP contribution in [-0.4, -0.2) is 39.6 Å². The second-order valence-electron chi connectivity index (χ2n) is 7.71. The van der Waals surface area contributed by atoms with Gasteiger partial charge in [0.05, 0.1) is 17.0 Å². The lowest BCUT2D eigenvalue weighted by molar-refractivity contribution is -0.124. The number of rotatable bonds is 6. The maximum atomic E-state index is 12.9. The maximum Gasteiger partial charge on any atom is 0.337 e. The number of hydrogen-bond acceptors (Lipinski definition) is 4. The zero-order chi connectivity index (χ0) is 20.4. The predicted octanol–water partition coefficient (Wildman–Crippen LogP) is 2.18. The first-order valence-corrected chi connectivity index (χ1v) is 10.3. The molecule has 0 aliphatic heterocycles. The lowest BCUT2D eigenvalue weighted by Crippen LogP contribution is -2.45. The topological polar surface area (TPSA) is 99.1 Å². The molecule has 0 bridgehead atoms. The van der Waals surface area contributed by atoms with Gasteiger partial charge in [-0.1, -0.05) is 32.9 Å². The number of primary amides is 1. The Bertz CT molecular complexity index is 908. The molecule has 0 radical (unpaired) electrons. The summed E-state index contributed by atoms with van der Waals surface area (Å²) in [4.78, 5) is 37.5. The molecule has 1 aromatic heterocycles. The van der Waals surface area contributed by atoms with E-state index in [4.69, 9.17) is 5.73 Å². The Kier molecular flexibility index (Phi) is 6.41. The molecule has 2 rings (SSSR count). The van der Waals surface area contributed by atoms with Crippen LogP contribution in [-0.2, 0) is 11.3 Å². The first kappa shape index (κ1) is 21.1.